The van der Waals surface area contributed by atoms with Crippen LogP contribution >= 0.6 is 0 Å². The molecule has 0 spiro atoms. The summed E-state index contributed by atoms with van der Waals surface area (Å²) in [5.41, 5.74) is 3.14. The molecule has 1 aliphatic carbocycles. The molecule has 3 fully saturated rings. The Labute approximate surface area is 250 Å². The SMILES string of the molecule is COC1CCC(n2c(C3CCCC(=O)N3c3ccc(F)c(F)c3)nc3cc(N(C)C4CCN(C(=O)O)CC4)ccc32)CC1. The standard InChI is InChI=1S/C32H39F2N5O4/c1-36(20-14-16-37(17-15-20)32(41)42)22-9-13-28-27(19-22)35-31(39(28)21-6-10-24(43-2)11-7-21)29-4-3-5-30(40)38(29)23-8-12-25(33)26(34)18-23/h8-9,12-13,18-21,24,29H,3-7,10-11,14-17H2,1-2H3,(H,41,42). The summed E-state index contributed by atoms with van der Waals surface area (Å²) in [5, 5.41) is 9.34. The maximum Gasteiger partial charge on any atom is 0.407 e. The number of likely N-dealkylation sites (tertiary alicyclic amines) is 1. The number of carbonyl (C=O) groups is 2. The highest BCUT2D eigenvalue weighted by molar-refractivity contribution is 5.95. The predicted molar refractivity (Wildman–Crippen MR) is 159 cm³/mol. The Morgan fingerprint density at radius 2 is 1.74 bits per heavy atom. The van der Waals surface area contributed by atoms with Crippen LogP contribution in [0.1, 0.15) is 75.7 Å². The van der Waals surface area contributed by atoms with Crippen molar-refractivity contribution in [3.63, 3.8) is 0 Å². The molecule has 1 saturated carbocycles. The second kappa shape index (κ2) is 12.1. The average molecular weight is 596 g/mol. The Bertz CT molecular complexity index is 1500. The van der Waals surface area contributed by atoms with E-state index in [1.54, 1.807) is 12.0 Å². The van der Waals surface area contributed by atoms with Gasteiger partial charge in [0.25, 0.3) is 0 Å². The molecule has 0 radical (unpaired) electrons. The average Bonchev–Trinajstić information content (AvgIpc) is 3.40. The number of nitrogens with zero attached hydrogens (tertiary/aromatic N) is 5. The van der Waals surface area contributed by atoms with E-state index in [9.17, 15) is 23.5 Å². The van der Waals surface area contributed by atoms with E-state index in [1.807, 2.05) is 7.05 Å². The Hall–Kier alpha value is -3.73. The molecular weight excluding hydrogens is 556 g/mol. The maximum atomic E-state index is 14.4. The number of carbonyl (C=O) groups excluding carboxylic acids is 1. The van der Waals surface area contributed by atoms with Gasteiger partial charge in [0.05, 0.1) is 23.2 Å². The molecule has 6 rings (SSSR count). The summed E-state index contributed by atoms with van der Waals surface area (Å²) in [5.74, 6) is -1.29. The van der Waals surface area contributed by atoms with Gasteiger partial charge in [-0.3, -0.25) is 4.79 Å². The molecule has 1 N–H and O–H groups in total. The summed E-state index contributed by atoms with van der Waals surface area (Å²) >= 11 is 0. The van der Waals surface area contributed by atoms with Crippen molar-refractivity contribution in [1.82, 2.24) is 14.5 Å². The van der Waals surface area contributed by atoms with E-state index >= 15 is 0 Å². The molecule has 43 heavy (non-hydrogen) atoms. The fourth-order valence-electron chi connectivity index (χ4n) is 7.21. The minimum absolute atomic E-state index is 0.128. The highest BCUT2D eigenvalue weighted by Gasteiger charge is 2.37. The lowest BCUT2D eigenvalue weighted by Crippen LogP contribution is -2.45. The molecule has 3 heterocycles. The Morgan fingerprint density at radius 1 is 1.00 bits per heavy atom. The molecule has 0 bridgehead atoms. The normalized spacial score (nSPS) is 23.6. The monoisotopic (exact) mass is 595 g/mol. The van der Waals surface area contributed by atoms with Crippen molar-refractivity contribution in [2.75, 3.05) is 37.0 Å². The number of imidazole rings is 1. The van der Waals surface area contributed by atoms with E-state index in [0.29, 0.717) is 38.0 Å². The number of amides is 2. The minimum atomic E-state index is -0.983. The summed E-state index contributed by atoms with van der Waals surface area (Å²) in [6.07, 6.45) is 6.19. The van der Waals surface area contributed by atoms with Crippen LogP contribution in [0.2, 0.25) is 0 Å². The van der Waals surface area contributed by atoms with Crippen LogP contribution < -0.4 is 9.80 Å². The third kappa shape index (κ3) is 5.67. The number of rotatable bonds is 6. The number of benzene rings is 2. The molecule has 1 aromatic heterocycles. The lowest BCUT2D eigenvalue weighted by Gasteiger charge is -2.37. The van der Waals surface area contributed by atoms with Crippen LogP contribution in [0.4, 0.5) is 25.0 Å². The van der Waals surface area contributed by atoms with Gasteiger partial charge < -0.3 is 29.1 Å². The summed E-state index contributed by atoms with van der Waals surface area (Å²) in [6, 6.07) is 9.86. The molecule has 9 nitrogen and oxygen atoms in total. The molecule has 1 unspecified atom stereocenters. The number of hydrogen-bond donors (Lipinski definition) is 1. The van der Waals surface area contributed by atoms with Gasteiger partial charge in [0.2, 0.25) is 5.91 Å². The smallest absolute Gasteiger partial charge is 0.407 e. The van der Waals surface area contributed by atoms with Gasteiger partial charge in [-0.25, -0.2) is 18.6 Å². The molecule has 11 heteroatoms. The first kappa shape index (κ1) is 29.3. The molecule has 3 aliphatic rings. The van der Waals surface area contributed by atoms with Crippen LogP contribution in [-0.2, 0) is 9.53 Å². The second-order valence-corrected chi connectivity index (χ2v) is 12.1. The number of methoxy groups -OCH3 is 1. The zero-order valence-corrected chi connectivity index (χ0v) is 24.7. The molecule has 2 aromatic carbocycles. The molecule has 1 atom stereocenters. The van der Waals surface area contributed by atoms with Crippen LogP contribution in [0.5, 0.6) is 0 Å². The van der Waals surface area contributed by atoms with Gasteiger partial charge in [-0.2, -0.15) is 0 Å². The van der Waals surface area contributed by atoms with E-state index < -0.39 is 23.8 Å². The van der Waals surface area contributed by atoms with E-state index in [4.69, 9.17) is 9.72 Å². The molecule has 230 valence electrons. The van der Waals surface area contributed by atoms with Crippen LogP contribution in [0.25, 0.3) is 11.0 Å². The first-order valence-corrected chi connectivity index (χ1v) is 15.3. The second-order valence-electron chi connectivity index (χ2n) is 12.1. The number of piperidine rings is 2. The summed E-state index contributed by atoms with van der Waals surface area (Å²) < 4.78 is 36.1. The van der Waals surface area contributed by atoms with Gasteiger partial charge in [0.15, 0.2) is 11.6 Å². The van der Waals surface area contributed by atoms with Crippen molar-refractivity contribution in [3.8, 4) is 0 Å². The fraction of sp³-hybridized carbons (Fsp3) is 0.531. The topological polar surface area (TPSA) is 91.1 Å². The van der Waals surface area contributed by atoms with E-state index in [2.05, 4.69) is 27.7 Å². The van der Waals surface area contributed by atoms with E-state index in [1.165, 1.54) is 11.0 Å². The van der Waals surface area contributed by atoms with Gasteiger partial charge in [-0.15, -0.1) is 0 Å². The lowest BCUT2D eigenvalue weighted by molar-refractivity contribution is -0.120. The highest BCUT2D eigenvalue weighted by Crippen LogP contribution is 2.42. The number of halogens is 2. The van der Waals surface area contributed by atoms with Crippen LogP contribution in [0.3, 0.4) is 0 Å². The molecule has 2 amide bonds. The lowest BCUT2D eigenvalue weighted by atomic mass is 9.92. The Kier molecular flexibility index (Phi) is 8.26. The fourth-order valence-corrected chi connectivity index (χ4v) is 7.21. The predicted octanol–water partition coefficient (Wildman–Crippen LogP) is 6.28. The van der Waals surface area contributed by atoms with Crippen LogP contribution in [0, 0.1) is 11.6 Å². The first-order chi connectivity index (χ1) is 20.7. The minimum Gasteiger partial charge on any atom is -0.465 e. The number of carboxylic acid groups (broad SMARTS) is 1. The molecule has 2 saturated heterocycles. The number of hydrogen-bond acceptors (Lipinski definition) is 5. The van der Waals surface area contributed by atoms with Crippen molar-refractivity contribution in [1.29, 1.82) is 0 Å². The van der Waals surface area contributed by atoms with Gasteiger partial charge >= 0.3 is 6.09 Å². The van der Waals surface area contributed by atoms with Crippen molar-refractivity contribution in [2.24, 2.45) is 0 Å². The van der Waals surface area contributed by atoms with Gasteiger partial charge in [0, 0.05) is 63.2 Å². The van der Waals surface area contributed by atoms with Crippen molar-refractivity contribution in [3.05, 3.63) is 53.9 Å². The Balaban J connectivity index is 1.39. The maximum absolute atomic E-state index is 14.4. The van der Waals surface area contributed by atoms with Crippen molar-refractivity contribution < 1.29 is 28.2 Å². The summed E-state index contributed by atoms with van der Waals surface area (Å²) in [7, 11) is 3.79. The first-order valence-electron chi connectivity index (χ1n) is 15.3. The third-order valence-electron chi connectivity index (χ3n) is 9.66. The molecule has 2 aliphatic heterocycles. The zero-order valence-electron chi connectivity index (χ0n) is 24.7. The van der Waals surface area contributed by atoms with E-state index in [0.717, 1.165) is 73.2 Å². The summed E-state index contributed by atoms with van der Waals surface area (Å²) in [4.78, 5) is 35.2. The third-order valence-corrected chi connectivity index (χ3v) is 9.66. The van der Waals surface area contributed by atoms with Crippen molar-refractivity contribution >= 4 is 34.4 Å². The highest BCUT2D eigenvalue weighted by atomic mass is 19.2. The van der Waals surface area contributed by atoms with Crippen molar-refractivity contribution in [2.45, 2.75) is 82.0 Å². The quantitative estimate of drug-likeness (QED) is 0.361. The zero-order chi connectivity index (χ0) is 30.2. The molecular formula is C32H39F2N5O4. The molecule has 3 aromatic rings. The number of fused-ring (bicyclic) bond motifs is 1. The van der Waals surface area contributed by atoms with Gasteiger partial charge in [0.1, 0.15) is 5.82 Å². The number of aromatic nitrogens is 2. The van der Waals surface area contributed by atoms with Gasteiger partial charge in [-0.1, -0.05) is 0 Å². The largest absolute Gasteiger partial charge is 0.465 e. The van der Waals surface area contributed by atoms with Crippen LogP contribution in [0.15, 0.2) is 36.4 Å². The number of anilines is 2. The van der Waals surface area contributed by atoms with E-state index in [-0.39, 0.29) is 24.1 Å². The van der Waals surface area contributed by atoms with Crippen LogP contribution in [-0.4, -0.2) is 71.0 Å². The summed E-state index contributed by atoms with van der Waals surface area (Å²) in [6.45, 7) is 1.01. The Morgan fingerprint density at radius 3 is 2.42 bits per heavy atom. The van der Waals surface area contributed by atoms with Gasteiger partial charge in [-0.05, 0) is 81.7 Å². The number of ether oxygens (including phenoxy) is 1.